The molecule has 2 heterocycles. The molecule has 1 fully saturated rings. The van der Waals surface area contributed by atoms with Crippen LogP contribution in [0.2, 0.25) is 0 Å². The smallest absolute Gasteiger partial charge is 0.318 e. The Morgan fingerprint density at radius 3 is 2.81 bits per heavy atom. The molecule has 0 radical (unpaired) electrons. The number of carbonyl (C=O) groups excluding carboxylic acids is 1. The summed E-state index contributed by atoms with van der Waals surface area (Å²) in [7, 11) is 1.66. The Bertz CT molecular complexity index is 490. The van der Waals surface area contributed by atoms with Gasteiger partial charge in [0.05, 0.1) is 17.3 Å². The largest absolute Gasteiger partial charge is 0.377 e. The van der Waals surface area contributed by atoms with Gasteiger partial charge in [0.15, 0.2) is 0 Å². The minimum Gasteiger partial charge on any atom is -0.377 e. The van der Waals surface area contributed by atoms with Crippen LogP contribution >= 0.6 is 0 Å². The molecular weight excluding hydrogens is 268 g/mol. The lowest BCUT2D eigenvalue weighted by molar-refractivity contribution is 0.0242. The second-order valence-corrected chi connectivity index (χ2v) is 6.32. The van der Waals surface area contributed by atoms with Crippen molar-refractivity contribution in [1.82, 2.24) is 20.4 Å². The van der Waals surface area contributed by atoms with Gasteiger partial charge in [0.2, 0.25) is 0 Å². The Hall–Kier alpha value is -1.56. The zero-order valence-corrected chi connectivity index (χ0v) is 13.6. The van der Waals surface area contributed by atoms with Crippen molar-refractivity contribution >= 4 is 6.03 Å². The maximum atomic E-state index is 12.5. The number of carbonyl (C=O) groups is 1. The van der Waals surface area contributed by atoms with Crippen molar-refractivity contribution in [3.05, 3.63) is 17.0 Å². The first-order chi connectivity index (χ1) is 9.85. The molecule has 0 aromatic carbocycles. The highest BCUT2D eigenvalue weighted by Gasteiger charge is 2.33. The fourth-order valence-electron chi connectivity index (χ4n) is 2.82. The number of nitrogens with one attached hydrogen (secondary N) is 2. The lowest BCUT2D eigenvalue weighted by Gasteiger charge is -2.28. The highest BCUT2D eigenvalue weighted by molar-refractivity contribution is 5.75. The number of nitrogens with zero attached hydrogens (tertiary/aromatic N) is 2. The molecule has 1 aromatic rings. The van der Waals surface area contributed by atoms with Crippen LogP contribution in [0.3, 0.4) is 0 Å². The summed E-state index contributed by atoms with van der Waals surface area (Å²) in [5, 5.41) is 10.2. The van der Waals surface area contributed by atoms with Crippen molar-refractivity contribution in [2.45, 2.75) is 52.2 Å². The van der Waals surface area contributed by atoms with Gasteiger partial charge in [-0.25, -0.2) is 4.79 Å². The fraction of sp³-hybridized carbons (Fsp3) is 0.733. The molecular formula is C15H26N4O2. The number of aromatic amines is 1. The molecule has 0 saturated carbocycles. The zero-order chi connectivity index (χ0) is 15.6. The Balaban J connectivity index is 2.07. The summed E-state index contributed by atoms with van der Waals surface area (Å²) in [6, 6.07) is 0.0945. The van der Waals surface area contributed by atoms with E-state index >= 15 is 0 Å². The number of H-pyrrole nitrogens is 1. The third-order valence-electron chi connectivity index (χ3n) is 4.25. The fourth-order valence-corrected chi connectivity index (χ4v) is 2.82. The summed E-state index contributed by atoms with van der Waals surface area (Å²) >= 11 is 0. The van der Waals surface area contributed by atoms with Crippen LogP contribution in [0.25, 0.3) is 0 Å². The van der Waals surface area contributed by atoms with Gasteiger partial charge in [-0.15, -0.1) is 0 Å². The van der Waals surface area contributed by atoms with Gasteiger partial charge in [-0.3, -0.25) is 5.10 Å². The average molecular weight is 294 g/mol. The van der Waals surface area contributed by atoms with Gasteiger partial charge in [-0.2, -0.15) is 5.10 Å². The quantitative estimate of drug-likeness (QED) is 0.895. The number of hydrogen-bond acceptors (Lipinski definition) is 3. The molecule has 0 unspecified atom stereocenters. The summed E-state index contributed by atoms with van der Waals surface area (Å²) in [6.07, 6.45) is 2.01. The summed E-state index contributed by atoms with van der Waals surface area (Å²) in [6.45, 7) is 9.19. The van der Waals surface area contributed by atoms with Crippen molar-refractivity contribution < 1.29 is 9.53 Å². The predicted molar refractivity (Wildman–Crippen MR) is 81.2 cm³/mol. The van der Waals surface area contributed by atoms with E-state index in [4.69, 9.17) is 4.74 Å². The third-order valence-corrected chi connectivity index (χ3v) is 4.25. The normalized spacial score (nSPS) is 19.1. The molecule has 2 N–H and O–H groups in total. The molecule has 0 bridgehead atoms. The van der Waals surface area contributed by atoms with Gasteiger partial charge >= 0.3 is 6.03 Å². The van der Waals surface area contributed by atoms with E-state index in [2.05, 4.69) is 15.5 Å². The topological polar surface area (TPSA) is 70.2 Å². The van der Waals surface area contributed by atoms with E-state index < -0.39 is 0 Å². The average Bonchev–Trinajstić information content (AvgIpc) is 3.03. The molecule has 21 heavy (non-hydrogen) atoms. The van der Waals surface area contributed by atoms with E-state index in [-0.39, 0.29) is 17.7 Å². The molecule has 2 rings (SSSR count). The van der Waals surface area contributed by atoms with E-state index in [0.717, 1.165) is 36.3 Å². The second kappa shape index (κ2) is 6.05. The van der Waals surface area contributed by atoms with E-state index in [9.17, 15) is 4.79 Å². The molecule has 118 valence electrons. The first-order valence-electron chi connectivity index (χ1n) is 7.47. The number of aromatic nitrogens is 2. The van der Waals surface area contributed by atoms with Gasteiger partial charge in [0, 0.05) is 31.5 Å². The number of rotatable bonds is 4. The molecule has 1 atom stereocenters. The van der Waals surface area contributed by atoms with Gasteiger partial charge < -0.3 is 15.0 Å². The van der Waals surface area contributed by atoms with Gasteiger partial charge in [-0.1, -0.05) is 0 Å². The molecule has 6 nitrogen and oxygen atoms in total. The van der Waals surface area contributed by atoms with E-state index in [1.807, 2.05) is 32.6 Å². The number of methoxy groups -OCH3 is 1. The standard InChI is InChI=1S/C15H26N4O2/c1-10-13(11(2)18-17-10)12-7-6-8-19(12)14(20)16-9-15(3,4)21-5/h12H,6-9H2,1-5H3,(H,16,20)(H,17,18)/t12-/m0/s1. The van der Waals surface area contributed by atoms with Gasteiger partial charge in [0.25, 0.3) is 0 Å². The number of ether oxygens (including phenoxy) is 1. The van der Waals surface area contributed by atoms with Crippen LogP contribution in [0.4, 0.5) is 4.79 Å². The van der Waals surface area contributed by atoms with E-state index in [1.165, 1.54) is 0 Å². The molecule has 1 saturated heterocycles. The maximum absolute atomic E-state index is 12.5. The van der Waals surface area contributed by atoms with Crippen molar-refractivity contribution in [2.24, 2.45) is 0 Å². The summed E-state index contributed by atoms with van der Waals surface area (Å²) in [5.74, 6) is 0. The number of urea groups is 1. The monoisotopic (exact) mass is 294 g/mol. The predicted octanol–water partition coefficient (Wildman–Crippen LogP) is 2.30. The molecule has 0 spiro atoms. The molecule has 6 heteroatoms. The van der Waals surface area contributed by atoms with Gasteiger partial charge in [0.1, 0.15) is 0 Å². The van der Waals surface area contributed by atoms with Crippen LogP contribution in [0, 0.1) is 13.8 Å². The Kier molecular flexibility index (Phi) is 4.56. The minimum absolute atomic E-state index is 0.0253. The van der Waals surface area contributed by atoms with Crippen LogP contribution in [-0.2, 0) is 4.74 Å². The Morgan fingerprint density at radius 2 is 2.24 bits per heavy atom. The SMILES string of the molecule is COC(C)(C)CNC(=O)N1CCC[C@H]1c1c(C)n[nH]c1C. The summed E-state index contributed by atoms with van der Waals surface area (Å²) < 4.78 is 5.34. The Labute approximate surface area is 126 Å². The molecule has 1 aromatic heterocycles. The highest BCUT2D eigenvalue weighted by atomic mass is 16.5. The highest BCUT2D eigenvalue weighted by Crippen LogP contribution is 2.34. The molecule has 2 amide bonds. The first kappa shape index (κ1) is 15.8. The number of likely N-dealkylation sites (tertiary alicyclic amines) is 1. The summed E-state index contributed by atoms with van der Waals surface area (Å²) in [4.78, 5) is 14.4. The number of hydrogen-bond donors (Lipinski definition) is 2. The van der Waals surface area contributed by atoms with E-state index in [0.29, 0.717) is 6.54 Å². The minimum atomic E-state index is -0.355. The lowest BCUT2D eigenvalue weighted by atomic mass is 10.0. The van der Waals surface area contributed by atoms with Crippen LogP contribution < -0.4 is 5.32 Å². The van der Waals surface area contributed by atoms with Crippen LogP contribution in [0.5, 0.6) is 0 Å². The van der Waals surface area contributed by atoms with Crippen LogP contribution in [0.15, 0.2) is 0 Å². The van der Waals surface area contributed by atoms with Crippen LogP contribution in [0.1, 0.15) is 49.7 Å². The molecule has 1 aliphatic heterocycles. The second-order valence-electron chi connectivity index (χ2n) is 6.32. The Morgan fingerprint density at radius 1 is 1.52 bits per heavy atom. The third kappa shape index (κ3) is 3.37. The van der Waals surface area contributed by atoms with Crippen molar-refractivity contribution in [3.8, 4) is 0 Å². The summed E-state index contributed by atoms with van der Waals surface area (Å²) in [5.41, 5.74) is 2.84. The van der Waals surface area contributed by atoms with Gasteiger partial charge in [-0.05, 0) is 40.5 Å². The number of aryl methyl sites for hydroxylation is 2. The van der Waals surface area contributed by atoms with Crippen molar-refractivity contribution in [2.75, 3.05) is 20.2 Å². The zero-order valence-electron chi connectivity index (χ0n) is 13.6. The number of amides is 2. The molecule has 1 aliphatic rings. The van der Waals surface area contributed by atoms with Crippen molar-refractivity contribution in [3.63, 3.8) is 0 Å². The van der Waals surface area contributed by atoms with E-state index in [1.54, 1.807) is 7.11 Å². The maximum Gasteiger partial charge on any atom is 0.318 e. The van der Waals surface area contributed by atoms with Crippen molar-refractivity contribution in [1.29, 1.82) is 0 Å². The molecule has 0 aliphatic carbocycles. The lowest BCUT2D eigenvalue weighted by Crippen LogP contribution is -2.46. The van der Waals surface area contributed by atoms with Crippen LogP contribution in [-0.4, -0.2) is 46.9 Å². The first-order valence-corrected chi connectivity index (χ1v) is 7.47.